The molecule has 1 unspecified atom stereocenters. The molecule has 3 rings (SSSR count). The molecule has 2 aromatic heterocycles. The first kappa shape index (κ1) is 21.2. The SMILES string of the molecule is CSc1nc(C)c(CCC(=O)Nc2nc(CN3CCCC(C)C3)cs2)c(C)n1. The van der Waals surface area contributed by atoms with E-state index in [2.05, 4.69) is 37.5 Å². The van der Waals surface area contributed by atoms with Crippen LogP contribution in [0.5, 0.6) is 0 Å². The van der Waals surface area contributed by atoms with Gasteiger partial charge < -0.3 is 5.32 Å². The molecule has 1 saturated heterocycles. The van der Waals surface area contributed by atoms with E-state index >= 15 is 0 Å². The number of nitrogens with one attached hydrogen (secondary N) is 1. The summed E-state index contributed by atoms with van der Waals surface area (Å²) < 4.78 is 0. The summed E-state index contributed by atoms with van der Waals surface area (Å²) in [6.07, 6.45) is 5.59. The van der Waals surface area contributed by atoms with Crippen LogP contribution in [-0.4, -0.2) is 45.1 Å². The molecule has 1 fully saturated rings. The van der Waals surface area contributed by atoms with Crippen LogP contribution in [-0.2, 0) is 17.8 Å². The fourth-order valence-corrected chi connectivity index (χ4v) is 4.85. The molecule has 28 heavy (non-hydrogen) atoms. The molecule has 6 nitrogen and oxygen atoms in total. The van der Waals surface area contributed by atoms with Crippen LogP contribution in [0.3, 0.4) is 0 Å². The van der Waals surface area contributed by atoms with E-state index in [1.165, 1.54) is 35.9 Å². The number of anilines is 1. The molecule has 0 aromatic carbocycles. The average molecular weight is 420 g/mol. The molecule has 3 heterocycles. The summed E-state index contributed by atoms with van der Waals surface area (Å²) in [6, 6.07) is 0. The summed E-state index contributed by atoms with van der Waals surface area (Å²) in [5.41, 5.74) is 4.02. The number of hydrogen-bond acceptors (Lipinski definition) is 7. The van der Waals surface area contributed by atoms with Gasteiger partial charge >= 0.3 is 0 Å². The Bertz CT molecular complexity index is 800. The normalized spacial score (nSPS) is 17.6. The molecule has 8 heteroatoms. The number of rotatable bonds is 7. The fraction of sp³-hybridized carbons (Fsp3) is 0.600. The van der Waals surface area contributed by atoms with Gasteiger partial charge in [-0.1, -0.05) is 18.7 Å². The van der Waals surface area contributed by atoms with Crippen molar-refractivity contribution in [2.24, 2.45) is 5.92 Å². The maximum atomic E-state index is 12.4. The molecule has 2 aromatic rings. The molecule has 1 atom stereocenters. The van der Waals surface area contributed by atoms with E-state index < -0.39 is 0 Å². The molecule has 1 aliphatic rings. The van der Waals surface area contributed by atoms with Crippen molar-refractivity contribution < 1.29 is 4.79 Å². The van der Waals surface area contributed by atoms with Gasteiger partial charge in [-0.25, -0.2) is 15.0 Å². The highest BCUT2D eigenvalue weighted by Gasteiger charge is 2.18. The number of likely N-dealkylation sites (tertiary alicyclic amines) is 1. The average Bonchev–Trinajstić information content (AvgIpc) is 3.07. The number of amides is 1. The van der Waals surface area contributed by atoms with Gasteiger partial charge in [-0.15, -0.1) is 11.3 Å². The Morgan fingerprint density at radius 1 is 1.32 bits per heavy atom. The van der Waals surface area contributed by atoms with Gasteiger partial charge in [-0.05, 0) is 57.4 Å². The third-order valence-corrected chi connectivity index (χ3v) is 6.46. The molecule has 1 aliphatic heterocycles. The number of nitrogens with zero attached hydrogens (tertiary/aromatic N) is 4. The van der Waals surface area contributed by atoms with E-state index in [1.54, 1.807) is 0 Å². The minimum Gasteiger partial charge on any atom is -0.302 e. The molecule has 0 aliphatic carbocycles. The Labute approximate surface area is 175 Å². The molecule has 1 amide bonds. The van der Waals surface area contributed by atoms with Crippen LogP contribution in [0.2, 0.25) is 0 Å². The van der Waals surface area contributed by atoms with E-state index in [0.29, 0.717) is 18.0 Å². The number of piperidine rings is 1. The van der Waals surface area contributed by atoms with Crippen molar-refractivity contribution in [3.05, 3.63) is 28.0 Å². The number of carbonyl (C=O) groups excluding carboxylic acids is 1. The summed E-state index contributed by atoms with van der Waals surface area (Å²) in [5.74, 6) is 0.743. The van der Waals surface area contributed by atoms with Gasteiger partial charge in [0.2, 0.25) is 5.91 Å². The fourth-order valence-electron chi connectivity index (χ4n) is 3.68. The summed E-state index contributed by atoms with van der Waals surface area (Å²) in [6.45, 7) is 9.41. The molecule has 0 saturated carbocycles. The summed E-state index contributed by atoms with van der Waals surface area (Å²) >= 11 is 3.04. The van der Waals surface area contributed by atoms with Crippen molar-refractivity contribution in [1.29, 1.82) is 0 Å². The number of aryl methyl sites for hydroxylation is 2. The zero-order valence-electron chi connectivity index (χ0n) is 17.1. The Hall–Kier alpha value is -1.51. The van der Waals surface area contributed by atoms with Crippen molar-refractivity contribution in [3.63, 3.8) is 0 Å². The van der Waals surface area contributed by atoms with E-state index in [4.69, 9.17) is 0 Å². The largest absolute Gasteiger partial charge is 0.302 e. The van der Waals surface area contributed by atoms with E-state index in [9.17, 15) is 4.79 Å². The van der Waals surface area contributed by atoms with Crippen molar-refractivity contribution in [2.45, 2.75) is 58.2 Å². The van der Waals surface area contributed by atoms with Gasteiger partial charge in [-0.2, -0.15) is 0 Å². The van der Waals surface area contributed by atoms with E-state index in [0.717, 1.165) is 53.4 Å². The van der Waals surface area contributed by atoms with E-state index in [-0.39, 0.29) is 5.91 Å². The van der Waals surface area contributed by atoms with Gasteiger partial charge in [0.15, 0.2) is 10.3 Å². The number of thiazole rings is 1. The molecule has 0 spiro atoms. The summed E-state index contributed by atoms with van der Waals surface area (Å²) in [7, 11) is 0. The lowest BCUT2D eigenvalue weighted by Gasteiger charge is -2.30. The topological polar surface area (TPSA) is 71.0 Å². The smallest absolute Gasteiger partial charge is 0.226 e. The van der Waals surface area contributed by atoms with Crippen LogP contribution in [0.4, 0.5) is 5.13 Å². The third kappa shape index (κ3) is 5.75. The standard InChI is InChI=1S/C20H29N5OS2/c1-13-6-5-9-25(10-13)11-16-12-28-20(23-16)24-18(26)8-7-17-14(2)21-19(27-4)22-15(17)3/h12-13H,5-11H2,1-4H3,(H,23,24,26). The number of thioether (sulfide) groups is 1. The lowest BCUT2D eigenvalue weighted by atomic mass is 10.0. The maximum absolute atomic E-state index is 12.4. The van der Waals surface area contributed by atoms with Crippen molar-refractivity contribution in [1.82, 2.24) is 19.9 Å². The summed E-state index contributed by atoms with van der Waals surface area (Å²) in [5, 5.41) is 6.47. The van der Waals surface area contributed by atoms with Crippen molar-refractivity contribution in [2.75, 3.05) is 24.7 Å². The Morgan fingerprint density at radius 3 is 2.75 bits per heavy atom. The molecule has 1 N–H and O–H groups in total. The summed E-state index contributed by atoms with van der Waals surface area (Å²) in [4.78, 5) is 28.4. The zero-order chi connectivity index (χ0) is 20.1. The van der Waals surface area contributed by atoms with Crippen LogP contribution in [0, 0.1) is 19.8 Å². The molecular weight excluding hydrogens is 390 g/mol. The van der Waals surface area contributed by atoms with Gasteiger partial charge in [0.1, 0.15) is 0 Å². The highest BCUT2D eigenvalue weighted by atomic mass is 32.2. The quantitative estimate of drug-likeness (QED) is 0.539. The van der Waals surface area contributed by atoms with E-state index in [1.807, 2.05) is 20.1 Å². The Morgan fingerprint density at radius 2 is 2.07 bits per heavy atom. The second-order valence-electron chi connectivity index (χ2n) is 7.53. The van der Waals surface area contributed by atoms with Crippen LogP contribution in [0.1, 0.15) is 48.8 Å². The lowest BCUT2D eigenvalue weighted by molar-refractivity contribution is -0.116. The molecule has 0 bridgehead atoms. The van der Waals surface area contributed by atoms with Gasteiger partial charge in [0.05, 0.1) is 5.69 Å². The first-order valence-electron chi connectivity index (χ1n) is 9.79. The Kier molecular flexibility index (Phi) is 7.42. The third-order valence-electron chi connectivity index (χ3n) is 5.11. The van der Waals surface area contributed by atoms with Crippen molar-refractivity contribution in [3.8, 4) is 0 Å². The first-order valence-corrected chi connectivity index (χ1v) is 11.9. The van der Waals surface area contributed by atoms with Gasteiger partial charge in [0.25, 0.3) is 0 Å². The molecular formula is C20H29N5OS2. The van der Waals surface area contributed by atoms with Crippen LogP contribution in [0.25, 0.3) is 0 Å². The van der Waals surface area contributed by atoms with Crippen molar-refractivity contribution >= 4 is 34.1 Å². The highest BCUT2D eigenvalue weighted by Crippen LogP contribution is 2.22. The number of hydrogen-bond donors (Lipinski definition) is 1. The second kappa shape index (κ2) is 9.80. The first-order chi connectivity index (χ1) is 13.4. The minimum absolute atomic E-state index is 0.0137. The predicted molar refractivity (Wildman–Crippen MR) is 116 cm³/mol. The van der Waals surface area contributed by atoms with Gasteiger partial charge in [0, 0.05) is 36.3 Å². The number of aromatic nitrogens is 3. The second-order valence-corrected chi connectivity index (χ2v) is 9.17. The monoisotopic (exact) mass is 419 g/mol. The highest BCUT2D eigenvalue weighted by molar-refractivity contribution is 7.98. The van der Waals surface area contributed by atoms with Crippen LogP contribution in [0.15, 0.2) is 10.5 Å². The maximum Gasteiger partial charge on any atom is 0.226 e. The number of carbonyl (C=O) groups is 1. The Balaban J connectivity index is 1.51. The van der Waals surface area contributed by atoms with Crippen LogP contribution < -0.4 is 5.32 Å². The predicted octanol–water partition coefficient (Wildman–Crippen LogP) is 4.08. The van der Waals surface area contributed by atoms with Crippen LogP contribution >= 0.6 is 23.1 Å². The van der Waals surface area contributed by atoms with Gasteiger partial charge in [-0.3, -0.25) is 9.69 Å². The lowest BCUT2D eigenvalue weighted by Crippen LogP contribution is -2.33. The molecule has 0 radical (unpaired) electrons. The molecule has 152 valence electrons. The minimum atomic E-state index is -0.0137. The zero-order valence-corrected chi connectivity index (χ0v) is 18.8.